The molecule has 106 valence electrons. The van der Waals surface area contributed by atoms with Gasteiger partial charge in [0, 0.05) is 21.6 Å². The minimum Gasteiger partial charge on any atom is -0.444 e. The molecule has 0 aliphatic heterocycles. The highest BCUT2D eigenvalue weighted by Gasteiger charge is 2.17. The van der Waals surface area contributed by atoms with Gasteiger partial charge in [-0.2, -0.15) is 9.36 Å². The van der Waals surface area contributed by atoms with Crippen LogP contribution in [0.5, 0.6) is 0 Å². The molecule has 20 heavy (non-hydrogen) atoms. The van der Waals surface area contributed by atoms with Crippen molar-refractivity contribution in [3.8, 4) is 11.4 Å². The summed E-state index contributed by atoms with van der Waals surface area (Å²) in [5, 5.41) is 2.99. The minimum absolute atomic E-state index is 0.414. The average molecular weight is 356 g/mol. The summed E-state index contributed by atoms with van der Waals surface area (Å²) in [7, 11) is 0. The number of carbonyl (C=O) groups excluding carboxylic acids is 1. The van der Waals surface area contributed by atoms with E-state index in [0.717, 1.165) is 21.6 Å². The summed E-state index contributed by atoms with van der Waals surface area (Å²) in [5.41, 5.74) is 0.352. The normalized spacial score (nSPS) is 11.2. The van der Waals surface area contributed by atoms with Crippen LogP contribution in [-0.4, -0.2) is 21.1 Å². The zero-order chi connectivity index (χ0) is 14.8. The number of amides is 1. The lowest BCUT2D eigenvalue weighted by Gasteiger charge is -2.18. The van der Waals surface area contributed by atoms with Crippen molar-refractivity contribution in [3.63, 3.8) is 0 Å². The van der Waals surface area contributed by atoms with Gasteiger partial charge in [0.1, 0.15) is 5.60 Å². The van der Waals surface area contributed by atoms with Crippen LogP contribution in [0.1, 0.15) is 20.8 Å². The van der Waals surface area contributed by atoms with E-state index in [2.05, 4.69) is 30.6 Å². The number of carbonyl (C=O) groups is 1. The summed E-state index contributed by atoms with van der Waals surface area (Å²) in [4.78, 5) is 15.9. The van der Waals surface area contributed by atoms with Gasteiger partial charge >= 0.3 is 6.09 Å². The molecule has 1 N–H and O–H groups in total. The molecule has 0 unspecified atom stereocenters. The van der Waals surface area contributed by atoms with Crippen LogP contribution in [0, 0.1) is 0 Å². The van der Waals surface area contributed by atoms with Crippen LogP contribution in [0.2, 0.25) is 0 Å². The van der Waals surface area contributed by atoms with Crippen LogP contribution in [0.4, 0.5) is 9.93 Å². The molecule has 0 saturated carbocycles. The van der Waals surface area contributed by atoms with Crippen molar-refractivity contribution in [1.29, 1.82) is 0 Å². The van der Waals surface area contributed by atoms with Crippen molar-refractivity contribution < 1.29 is 9.53 Å². The number of ether oxygens (including phenoxy) is 1. The first kappa shape index (κ1) is 14.9. The molecule has 0 aliphatic carbocycles. The third-order valence-electron chi connectivity index (χ3n) is 2.14. The highest BCUT2D eigenvalue weighted by atomic mass is 79.9. The van der Waals surface area contributed by atoms with Crippen molar-refractivity contribution in [2.24, 2.45) is 0 Å². The lowest BCUT2D eigenvalue weighted by atomic mass is 10.2. The molecule has 2 rings (SSSR count). The Morgan fingerprint density at radius 3 is 2.55 bits per heavy atom. The van der Waals surface area contributed by atoms with E-state index in [1.807, 2.05) is 24.3 Å². The molecule has 0 radical (unpaired) electrons. The maximum atomic E-state index is 11.6. The van der Waals surface area contributed by atoms with E-state index in [-0.39, 0.29) is 0 Å². The molecule has 0 fully saturated rings. The maximum absolute atomic E-state index is 11.6. The number of benzene rings is 1. The number of nitrogens with one attached hydrogen (secondary N) is 1. The monoisotopic (exact) mass is 355 g/mol. The standard InChI is InChI=1S/C13H14BrN3O2S/c1-13(2,3)19-12(18)16-11-15-10(17-20-11)8-4-6-9(14)7-5-8/h4-7H,1-3H3,(H,15,16,17,18). The Kier molecular flexibility index (Phi) is 4.39. The van der Waals surface area contributed by atoms with Crippen molar-refractivity contribution in [1.82, 2.24) is 9.36 Å². The third kappa shape index (κ3) is 4.28. The predicted octanol–water partition coefficient (Wildman–Crippen LogP) is 4.31. The molecule has 7 heteroatoms. The van der Waals surface area contributed by atoms with E-state index >= 15 is 0 Å². The molecule has 5 nitrogen and oxygen atoms in total. The molecule has 1 heterocycles. The van der Waals surface area contributed by atoms with Gasteiger partial charge in [0.15, 0.2) is 5.82 Å². The quantitative estimate of drug-likeness (QED) is 0.871. The molecule has 0 spiro atoms. The Morgan fingerprint density at radius 1 is 1.30 bits per heavy atom. The Balaban J connectivity index is 2.06. The smallest absolute Gasteiger partial charge is 0.414 e. The Labute approximate surface area is 129 Å². The van der Waals surface area contributed by atoms with E-state index in [4.69, 9.17) is 4.74 Å². The fourth-order valence-corrected chi connectivity index (χ4v) is 2.22. The fourth-order valence-electron chi connectivity index (χ4n) is 1.38. The first-order valence-corrected chi connectivity index (χ1v) is 7.50. The number of rotatable bonds is 2. The zero-order valence-electron chi connectivity index (χ0n) is 11.3. The van der Waals surface area contributed by atoms with E-state index < -0.39 is 11.7 Å². The molecule has 1 amide bonds. The highest BCUT2D eigenvalue weighted by molar-refractivity contribution is 9.10. The maximum Gasteiger partial charge on any atom is 0.414 e. The number of aromatic nitrogens is 2. The van der Waals surface area contributed by atoms with E-state index in [1.165, 1.54) is 0 Å². The molecule has 1 aromatic carbocycles. The van der Waals surface area contributed by atoms with Gasteiger partial charge in [-0.3, -0.25) is 5.32 Å². The second kappa shape index (κ2) is 5.88. The number of halogens is 1. The molecule has 0 bridgehead atoms. The summed E-state index contributed by atoms with van der Waals surface area (Å²) in [6.45, 7) is 5.42. The lowest BCUT2D eigenvalue weighted by molar-refractivity contribution is 0.0636. The van der Waals surface area contributed by atoms with Crippen LogP contribution in [0.25, 0.3) is 11.4 Å². The van der Waals surface area contributed by atoms with Gasteiger partial charge in [-0.15, -0.1) is 0 Å². The van der Waals surface area contributed by atoms with Gasteiger partial charge in [0.05, 0.1) is 0 Å². The molecular weight excluding hydrogens is 342 g/mol. The summed E-state index contributed by atoms with van der Waals surface area (Å²) in [6.07, 6.45) is -0.531. The Morgan fingerprint density at radius 2 is 1.95 bits per heavy atom. The highest BCUT2D eigenvalue weighted by Crippen LogP contribution is 2.23. The van der Waals surface area contributed by atoms with Crippen molar-refractivity contribution in [2.75, 3.05) is 5.32 Å². The summed E-state index contributed by atoms with van der Waals surface area (Å²) < 4.78 is 10.4. The Bertz CT molecular complexity index is 605. The summed E-state index contributed by atoms with van der Waals surface area (Å²) >= 11 is 4.49. The van der Waals surface area contributed by atoms with Gasteiger partial charge in [0.2, 0.25) is 5.13 Å². The number of nitrogens with zero attached hydrogens (tertiary/aromatic N) is 2. The van der Waals surface area contributed by atoms with Gasteiger partial charge < -0.3 is 4.74 Å². The second-order valence-corrected chi connectivity index (χ2v) is 6.72. The van der Waals surface area contributed by atoms with E-state index in [9.17, 15) is 4.79 Å². The van der Waals surface area contributed by atoms with Crippen LogP contribution in [-0.2, 0) is 4.74 Å². The van der Waals surface area contributed by atoms with Gasteiger partial charge in [-0.25, -0.2) is 4.79 Å². The van der Waals surface area contributed by atoms with E-state index in [0.29, 0.717) is 11.0 Å². The molecule has 0 atom stereocenters. The predicted molar refractivity (Wildman–Crippen MR) is 82.9 cm³/mol. The summed E-state index contributed by atoms with van der Waals surface area (Å²) in [5.74, 6) is 0.577. The zero-order valence-corrected chi connectivity index (χ0v) is 13.7. The van der Waals surface area contributed by atoms with Crippen molar-refractivity contribution in [2.45, 2.75) is 26.4 Å². The van der Waals surface area contributed by atoms with Crippen LogP contribution >= 0.6 is 27.5 Å². The largest absolute Gasteiger partial charge is 0.444 e. The third-order valence-corrected chi connectivity index (χ3v) is 3.30. The van der Waals surface area contributed by atoms with Crippen LogP contribution < -0.4 is 5.32 Å². The molecule has 0 saturated heterocycles. The second-order valence-electron chi connectivity index (χ2n) is 5.06. The molecular formula is C13H14BrN3O2S. The van der Waals surface area contributed by atoms with Crippen LogP contribution in [0.15, 0.2) is 28.7 Å². The van der Waals surface area contributed by atoms with Crippen LogP contribution in [0.3, 0.4) is 0 Å². The molecule has 1 aromatic heterocycles. The van der Waals surface area contributed by atoms with Gasteiger partial charge in [0.25, 0.3) is 0 Å². The number of anilines is 1. The number of hydrogen-bond acceptors (Lipinski definition) is 5. The SMILES string of the molecule is CC(C)(C)OC(=O)Nc1nc(-c2ccc(Br)cc2)ns1. The fraction of sp³-hybridized carbons (Fsp3) is 0.308. The molecule has 0 aliphatic rings. The van der Waals surface area contributed by atoms with Crippen molar-refractivity contribution >= 4 is 38.7 Å². The first-order chi connectivity index (χ1) is 9.33. The molecule has 2 aromatic rings. The number of hydrogen-bond donors (Lipinski definition) is 1. The van der Waals surface area contributed by atoms with Gasteiger partial charge in [-0.1, -0.05) is 28.1 Å². The van der Waals surface area contributed by atoms with E-state index in [1.54, 1.807) is 20.8 Å². The topological polar surface area (TPSA) is 64.1 Å². The first-order valence-electron chi connectivity index (χ1n) is 5.93. The summed E-state index contributed by atoms with van der Waals surface area (Å²) in [6, 6.07) is 7.64. The Hall–Kier alpha value is -1.47. The lowest BCUT2D eigenvalue weighted by Crippen LogP contribution is -2.27. The van der Waals surface area contributed by atoms with Crippen molar-refractivity contribution in [3.05, 3.63) is 28.7 Å². The average Bonchev–Trinajstić information content (AvgIpc) is 2.75. The van der Waals surface area contributed by atoms with Gasteiger partial charge in [-0.05, 0) is 32.9 Å². The minimum atomic E-state index is -0.538.